The van der Waals surface area contributed by atoms with Crippen LogP contribution in [-0.4, -0.2) is 23.9 Å². The van der Waals surface area contributed by atoms with E-state index in [1.807, 2.05) is 0 Å². The number of rotatable bonds is 0. The summed E-state index contributed by atoms with van der Waals surface area (Å²) in [6, 6.07) is 0. The molecular weight excluding hydrogens is 128 g/mol. The normalized spacial score (nSPS) is 53.4. The SMILES string of the molecule is C[C@@H]1CO[C@@H]2C[C@H](O)C[C@H]12. The van der Waals surface area contributed by atoms with E-state index in [0.29, 0.717) is 17.9 Å². The minimum Gasteiger partial charge on any atom is -0.393 e. The molecule has 0 radical (unpaired) electrons. The second-order valence-electron chi connectivity index (χ2n) is 3.64. The molecule has 10 heavy (non-hydrogen) atoms. The van der Waals surface area contributed by atoms with Gasteiger partial charge in [-0.05, 0) is 24.7 Å². The molecule has 1 aliphatic heterocycles. The van der Waals surface area contributed by atoms with Gasteiger partial charge in [0.1, 0.15) is 0 Å². The van der Waals surface area contributed by atoms with E-state index in [1.165, 1.54) is 0 Å². The Hall–Kier alpha value is -0.0800. The van der Waals surface area contributed by atoms with Crippen molar-refractivity contribution in [3.63, 3.8) is 0 Å². The van der Waals surface area contributed by atoms with Crippen molar-refractivity contribution in [1.82, 2.24) is 0 Å². The monoisotopic (exact) mass is 142 g/mol. The number of fused-ring (bicyclic) bond motifs is 1. The number of hydrogen-bond acceptors (Lipinski definition) is 2. The van der Waals surface area contributed by atoms with E-state index in [-0.39, 0.29) is 6.10 Å². The second-order valence-corrected chi connectivity index (χ2v) is 3.64. The number of aliphatic hydroxyl groups is 1. The van der Waals surface area contributed by atoms with Crippen molar-refractivity contribution in [3.8, 4) is 0 Å². The first-order valence-electron chi connectivity index (χ1n) is 4.07. The molecule has 1 heterocycles. The van der Waals surface area contributed by atoms with Crippen LogP contribution >= 0.6 is 0 Å². The molecule has 4 atom stereocenters. The molecule has 1 saturated heterocycles. The van der Waals surface area contributed by atoms with Crippen LogP contribution in [-0.2, 0) is 4.74 Å². The fraction of sp³-hybridized carbons (Fsp3) is 1.00. The Balaban J connectivity index is 2.05. The van der Waals surface area contributed by atoms with Crippen molar-refractivity contribution in [2.24, 2.45) is 11.8 Å². The van der Waals surface area contributed by atoms with Gasteiger partial charge in [0.2, 0.25) is 0 Å². The lowest BCUT2D eigenvalue weighted by Crippen LogP contribution is -2.10. The van der Waals surface area contributed by atoms with Crippen LogP contribution < -0.4 is 0 Å². The third kappa shape index (κ3) is 0.867. The lowest BCUT2D eigenvalue weighted by molar-refractivity contribution is 0.0790. The van der Waals surface area contributed by atoms with Gasteiger partial charge in [-0.25, -0.2) is 0 Å². The smallest absolute Gasteiger partial charge is 0.0632 e. The van der Waals surface area contributed by atoms with E-state index in [4.69, 9.17) is 4.74 Å². The molecule has 2 nitrogen and oxygen atoms in total. The minimum atomic E-state index is -0.0854. The number of ether oxygens (including phenoxy) is 1. The Labute approximate surface area is 61.2 Å². The largest absolute Gasteiger partial charge is 0.393 e. The minimum absolute atomic E-state index is 0.0854. The molecule has 0 spiro atoms. The lowest BCUT2D eigenvalue weighted by Gasteiger charge is -2.09. The van der Waals surface area contributed by atoms with Gasteiger partial charge in [0.15, 0.2) is 0 Å². The Bertz CT molecular complexity index is 135. The average molecular weight is 142 g/mol. The molecule has 0 aromatic heterocycles. The summed E-state index contributed by atoms with van der Waals surface area (Å²) in [6.45, 7) is 3.12. The molecule has 1 aliphatic carbocycles. The predicted octanol–water partition coefficient (Wildman–Crippen LogP) is 0.792. The number of hydrogen-bond donors (Lipinski definition) is 1. The maximum Gasteiger partial charge on any atom is 0.0632 e. The first kappa shape index (κ1) is 6.62. The maximum atomic E-state index is 9.27. The Morgan fingerprint density at radius 2 is 2.20 bits per heavy atom. The highest BCUT2D eigenvalue weighted by atomic mass is 16.5. The van der Waals surface area contributed by atoms with Crippen LogP contribution in [0.4, 0.5) is 0 Å². The van der Waals surface area contributed by atoms with Crippen molar-refractivity contribution in [3.05, 3.63) is 0 Å². The quantitative estimate of drug-likeness (QED) is 0.542. The lowest BCUT2D eigenvalue weighted by atomic mass is 9.94. The zero-order chi connectivity index (χ0) is 7.14. The van der Waals surface area contributed by atoms with Gasteiger partial charge < -0.3 is 9.84 Å². The molecule has 2 rings (SSSR count). The zero-order valence-corrected chi connectivity index (χ0v) is 6.29. The predicted molar refractivity (Wildman–Crippen MR) is 37.6 cm³/mol. The first-order chi connectivity index (χ1) is 4.77. The topological polar surface area (TPSA) is 29.5 Å². The Morgan fingerprint density at radius 1 is 1.40 bits per heavy atom. The van der Waals surface area contributed by atoms with Crippen molar-refractivity contribution in [2.75, 3.05) is 6.61 Å². The van der Waals surface area contributed by atoms with Crippen molar-refractivity contribution >= 4 is 0 Å². The van der Waals surface area contributed by atoms with Gasteiger partial charge in [-0.15, -0.1) is 0 Å². The van der Waals surface area contributed by atoms with Crippen LogP contribution in [0.5, 0.6) is 0 Å². The van der Waals surface area contributed by atoms with Gasteiger partial charge in [-0.1, -0.05) is 6.92 Å². The molecule has 0 bridgehead atoms. The molecule has 0 amide bonds. The third-order valence-corrected chi connectivity index (χ3v) is 2.83. The van der Waals surface area contributed by atoms with E-state index in [9.17, 15) is 5.11 Å². The molecule has 2 aliphatic rings. The standard InChI is InChI=1S/C8H14O2/c1-5-4-10-8-3-6(9)2-7(5)8/h5-9H,2-4H2,1H3/t5-,6-,7-,8-/m1/s1. The molecule has 0 aromatic rings. The van der Waals surface area contributed by atoms with E-state index < -0.39 is 0 Å². The van der Waals surface area contributed by atoms with Gasteiger partial charge in [0, 0.05) is 6.61 Å². The summed E-state index contributed by atoms with van der Waals surface area (Å²) in [7, 11) is 0. The molecular formula is C8H14O2. The zero-order valence-electron chi connectivity index (χ0n) is 6.29. The molecule has 2 fully saturated rings. The summed E-state index contributed by atoms with van der Waals surface area (Å²) < 4.78 is 5.50. The van der Waals surface area contributed by atoms with Gasteiger partial charge in [0.25, 0.3) is 0 Å². The highest BCUT2D eigenvalue weighted by molar-refractivity contribution is 4.90. The van der Waals surface area contributed by atoms with Crippen LogP contribution in [0.1, 0.15) is 19.8 Å². The average Bonchev–Trinajstić information content (AvgIpc) is 2.35. The summed E-state index contributed by atoms with van der Waals surface area (Å²) in [6.07, 6.45) is 2.13. The number of aliphatic hydroxyl groups excluding tert-OH is 1. The molecule has 0 aromatic carbocycles. The summed E-state index contributed by atoms with van der Waals surface area (Å²) in [4.78, 5) is 0. The fourth-order valence-electron chi connectivity index (χ4n) is 2.19. The van der Waals surface area contributed by atoms with Crippen molar-refractivity contribution in [2.45, 2.75) is 32.0 Å². The van der Waals surface area contributed by atoms with Crippen LogP contribution in [0.15, 0.2) is 0 Å². The van der Waals surface area contributed by atoms with E-state index in [1.54, 1.807) is 0 Å². The highest BCUT2D eigenvalue weighted by Crippen LogP contribution is 2.39. The van der Waals surface area contributed by atoms with E-state index in [0.717, 1.165) is 19.4 Å². The van der Waals surface area contributed by atoms with Crippen LogP contribution in [0, 0.1) is 11.8 Å². The van der Waals surface area contributed by atoms with Gasteiger partial charge in [0.05, 0.1) is 12.2 Å². The summed E-state index contributed by atoms with van der Waals surface area (Å²) in [5, 5.41) is 9.27. The first-order valence-corrected chi connectivity index (χ1v) is 4.07. The van der Waals surface area contributed by atoms with E-state index in [2.05, 4.69) is 6.92 Å². The molecule has 2 heteroatoms. The van der Waals surface area contributed by atoms with Crippen molar-refractivity contribution < 1.29 is 9.84 Å². The second kappa shape index (κ2) is 2.21. The molecule has 1 N–H and O–H groups in total. The van der Waals surface area contributed by atoms with Gasteiger partial charge in [-0.3, -0.25) is 0 Å². The van der Waals surface area contributed by atoms with Gasteiger partial charge >= 0.3 is 0 Å². The van der Waals surface area contributed by atoms with Crippen molar-refractivity contribution in [1.29, 1.82) is 0 Å². The summed E-state index contributed by atoms with van der Waals surface area (Å²) in [5.74, 6) is 1.32. The fourth-order valence-corrected chi connectivity index (χ4v) is 2.19. The van der Waals surface area contributed by atoms with Gasteiger partial charge in [-0.2, -0.15) is 0 Å². The van der Waals surface area contributed by atoms with Crippen LogP contribution in [0.2, 0.25) is 0 Å². The maximum absolute atomic E-state index is 9.27. The Kier molecular flexibility index (Phi) is 1.46. The third-order valence-electron chi connectivity index (χ3n) is 2.83. The summed E-state index contributed by atoms with van der Waals surface area (Å²) >= 11 is 0. The van der Waals surface area contributed by atoms with Crippen LogP contribution in [0.3, 0.4) is 0 Å². The molecule has 58 valence electrons. The molecule has 1 saturated carbocycles. The Morgan fingerprint density at radius 3 is 2.90 bits per heavy atom. The highest BCUT2D eigenvalue weighted by Gasteiger charge is 2.41. The molecule has 0 unspecified atom stereocenters. The van der Waals surface area contributed by atoms with E-state index >= 15 is 0 Å². The summed E-state index contributed by atoms with van der Waals surface area (Å²) in [5.41, 5.74) is 0. The van der Waals surface area contributed by atoms with Crippen LogP contribution in [0.25, 0.3) is 0 Å².